The van der Waals surface area contributed by atoms with Gasteiger partial charge in [0.1, 0.15) is 17.8 Å². The molecule has 0 aliphatic heterocycles. The summed E-state index contributed by atoms with van der Waals surface area (Å²) in [5, 5.41) is 3.36. The molecule has 6 nitrogen and oxygen atoms in total. The molecule has 0 fully saturated rings. The van der Waals surface area contributed by atoms with Crippen molar-refractivity contribution in [2.24, 2.45) is 0 Å². The van der Waals surface area contributed by atoms with Crippen molar-refractivity contribution in [1.82, 2.24) is 15.0 Å². The number of nitrogens with one attached hydrogen (secondary N) is 1. The van der Waals surface area contributed by atoms with Crippen LogP contribution in [-0.4, -0.2) is 15.0 Å². The second kappa shape index (κ2) is 7.14. The molecule has 2 aromatic heterocycles. The highest BCUT2D eigenvalue weighted by Crippen LogP contribution is 2.32. The standard InChI is InChI=1S/C17H16ClN5O/c1-2-11-5-7-12(8-6-11)24-17-14(19)16(21-10-22-17)23-13-4-3-9-20-15(13)18/h3-10H,2,19H2,1H3,(H,21,22,23). The number of nitrogens with zero attached hydrogens (tertiary/aromatic N) is 3. The van der Waals surface area contributed by atoms with Gasteiger partial charge in [-0.15, -0.1) is 0 Å². The average Bonchev–Trinajstić information content (AvgIpc) is 2.61. The summed E-state index contributed by atoms with van der Waals surface area (Å²) in [4.78, 5) is 12.2. The second-order valence-electron chi connectivity index (χ2n) is 5.01. The van der Waals surface area contributed by atoms with Gasteiger partial charge in [-0.05, 0) is 36.2 Å². The van der Waals surface area contributed by atoms with E-state index in [1.165, 1.54) is 11.9 Å². The normalized spacial score (nSPS) is 10.4. The lowest BCUT2D eigenvalue weighted by molar-refractivity contribution is 0.464. The highest BCUT2D eigenvalue weighted by Gasteiger charge is 2.12. The number of aryl methyl sites for hydroxylation is 1. The van der Waals surface area contributed by atoms with E-state index >= 15 is 0 Å². The summed E-state index contributed by atoms with van der Waals surface area (Å²) in [5.41, 5.74) is 8.23. The van der Waals surface area contributed by atoms with Crippen molar-refractivity contribution >= 4 is 28.8 Å². The Morgan fingerprint density at radius 1 is 1.12 bits per heavy atom. The van der Waals surface area contributed by atoms with Crippen molar-refractivity contribution in [1.29, 1.82) is 0 Å². The van der Waals surface area contributed by atoms with E-state index in [4.69, 9.17) is 22.1 Å². The fourth-order valence-electron chi connectivity index (χ4n) is 2.07. The Morgan fingerprint density at radius 2 is 1.92 bits per heavy atom. The third-order valence-electron chi connectivity index (χ3n) is 3.41. The van der Waals surface area contributed by atoms with Crippen LogP contribution >= 0.6 is 11.6 Å². The first-order chi connectivity index (χ1) is 11.7. The van der Waals surface area contributed by atoms with Gasteiger partial charge in [0.2, 0.25) is 5.88 Å². The summed E-state index contributed by atoms with van der Waals surface area (Å²) in [7, 11) is 0. The smallest absolute Gasteiger partial charge is 0.248 e. The quantitative estimate of drug-likeness (QED) is 0.676. The molecule has 2 heterocycles. The summed E-state index contributed by atoms with van der Waals surface area (Å²) in [6.07, 6.45) is 3.94. The Kier molecular flexibility index (Phi) is 4.77. The summed E-state index contributed by atoms with van der Waals surface area (Å²) in [6, 6.07) is 11.3. The summed E-state index contributed by atoms with van der Waals surface area (Å²) >= 11 is 6.04. The molecule has 0 saturated heterocycles. The molecule has 24 heavy (non-hydrogen) atoms. The minimum Gasteiger partial charge on any atom is -0.437 e. The van der Waals surface area contributed by atoms with Gasteiger partial charge in [-0.2, -0.15) is 4.98 Å². The molecule has 3 N–H and O–H groups in total. The fourth-order valence-corrected chi connectivity index (χ4v) is 2.24. The van der Waals surface area contributed by atoms with Gasteiger partial charge < -0.3 is 15.8 Å². The number of halogens is 1. The predicted molar refractivity (Wildman–Crippen MR) is 94.9 cm³/mol. The van der Waals surface area contributed by atoms with Crippen molar-refractivity contribution < 1.29 is 4.74 Å². The molecule has 7 heteroatoms. The van der Waals surface area contributed by atoms with Gasteiger partial charge in [-0.3, -0.25) is 0 Å². The number of hydrogen-bond donors (Lipinski definition) is 2. The van der Waals surface area contributed by atoms with Gasteiger partial charge >= 0.3 is 0 Å². The SMILES string of the molecule is CCc1ccc(Oc2ncnc(Nc3cccnc3Cl)c2N)cc1. The number of anilines is 3. The molecule has 1 aromatic carbocycles. The Balaban J connectivity index is 1.83. The van der Waals surface area contributed by atoms with E-state index < -0.39 is 0 Å². The first-order valence-corrected chi connectivity index (χ1v) is 7.80. The topological polar surface area (TPSA) is 86.0 Å². The van der Waals surface area contributed by atoms with Gasteiger partial charge in [0.25, 0.3) is 0 Å². The van der Waals surface area contributed by atoms with E-state index in [0.29, 0.717) is 22.4 Å². The van der Waals surface area contributed by atoms with E-state index in [9.17, 15) is 0 Å². The summed E-state index contributed by atoms with van der Waals surface area (Å²) in [6.45, 7) is 2.10. The van der Waals surface area contributed by atoms with Crippen molar-refractivity contribution in [2.75, 3.05) is 11.1 Å². The van der Waals surface area contributed by atoms with Crippen molar-refractivity contribution in [2.45, 2.75) is 13.3 Å². The molecule has 3 aromatic rings. The lowest BCUT2D eigenvalue weighted by Gasteiger charge is -2.12. The first-order valence-electron chi connectivity index (χ1n) is 7.42. The van der Waals surface area contributed by atoms with Crippen molar-refractivity contribution in [3.8, 4) is 11.6 Å². The van der Waals surface area contributed by atoms with E-state index in [1.54, 1.807) is 18.3 Å². The average molecular weight is 342 g/mol. The highest BCUT2D eigenvalue weighted by molar-refractivity contribution is 6.32. The zero-order valence-corrected chi connectivity index (χ0v) is 13.8. The molecule has 0 saturated carbocycles. The lowest BCUT2D eigenvalue weighted by atomic mass is 10.2. The first kappa shape index (κ1) is 16.0. The molecule has 0 atom stereocenters. The largest absolute Gasteiger partial charge is 0.437 e. The van der Waals surface area contributed by atoms with Gasteiger partial charge in [-0.1, -0.05) is 30.7 Å². The molecule has 0 amide bonds. The number of rotatable bonds is 5. The van der Waals surface area contributed by atoms with Crippen molar-refractivity contribution in [3.63, 3.8) is 0 Å². The van der Waals surface area contributed by atoms with E-state index in [-0.39, 0.29) is 11.6 Å². The van der Waals surface area contributed by atoms with Crippen LogP contribution in [0.4, 0.5) is 17.2 Å². The van der Waals surface area contributed by atoms with Gasteiger partial charge in [0.05, 0.1) is 5.69 Å². The molecule has 0 bridgehead atoms. The minimum absolute atomic E-state index is 0.275. The summed E-state index contributed by atoms with van der Waals surface area (Å²) in [5.74, 6) is 1.33. The van der Waals surface area contributed by atoms with Crippen LogP contribution in [0.1, 0.15) is 12.5 Å². The number of pyridine rings is 1. The highest BCUT2D eigenvalue weighted by atomic mass is 35.5. The van der Waals surface area contributed by atoms with Crippen LogP contribution in [0, 0.1) is 0 Å². The maximum Gasteiger partial charge on any atom is 0.248 e. The maximum atomic E-state index is 6.11. The van der Waals surface area contributed by atoms with E-state index in [1.807, 2.05) is 24.3 Å². The van der Waals surface area contributed by atoms with Gasteiger partial charge in [0.15, 0.2) is 11.0 Å². The monoisotopic (exact) mass is 341 g/mol. The van der Waals surface area contributed by atoms with Gasteiger partial charge in [-0.25, -0.2) is 9.97 Å². The third kappa shape index (κ3) is 3.55. The number of nitrogen functional groups attached to an aromatic ring is 1. The van der Waals surface area contributed by atoms with Crippen LogP contribution in [0.2, 0.25) is 5.15 Å². The van der Waals surface area contributed by atoms with Crippen LogP contribution in [0.5, 0.6) is 11.6 Å². The Morgan fingerprint density at radius 3 is 2.62 bits per heavy atom. The number of nitrogens with two attached hydrogens (primary N) is 1. The molecule has 0 radical (unpaired) electrons. The third-order valence-corrected chi connectivity index (χ3v) is 3.71. The lowest BCUT2D eigenvalue weighted by Crippen LogP contribution is -2.03. The molecular formula is C17H16ClN5O. The van der Waals surface area contributed by atoms with Crippen molar-refractivity contribution in [3.05, 3.63) is 59.6 Å². The Labute approximate surface area is 144 Å². The number of benzene rings is 1. The summed E-state index contributed by atoms with van der Waals surface area (Å²) < 4.78 is 5.75. The molecule has 122 valence electrons. The second-order valence-corrected chi connectivity index (χ2v) is 5.37. The molecular weight excluding hydrogens is 326 g/mol. The van der Waals surface area contributed by atoms with Crippen LogP contribution < -0.4 is 15.8 Å². The number of ether oxygens (including phenoxy) is 1. The van der Waals surface area contributed by atoms with Crippen LogP contribution in [0.15, 0.2) is 48.9 Å². The fraction of sp³-hybridized carbons (Fsp3) is 0.118. The van der Waals surface area contributed by atoms with E-state index in [0.717, 1.165) is 6.42 Å². The van der Waals surface area contributed by atoms with Crippen LogP contribution in [0.3, 0.4) is 0 Å². The molecule has 3 rings (SSSR count). The maximum absolute atomic E-state index is 6.11. The molecule has 0 spiro atoms. The van der Waals surface area contributed by atoms with Crippen LogP contribution in [0.25, 0.3) is 0 Å². The molecule has 0 aliphatic rings. The predicted octanol–water partition coefficient (Wildman–Crippen LogP) is 4.21. The van der Waals surface area contributed by atoms with E-state index in [2.05, 4.69) is 27.2 Å². The molecule has 0 unspecified atom stereocenters. The van der Waals surface area contributed by atoms with Crippen LogP contribution in [-0.2, 0) is 6.42 Å². The molecule has 0 aliphatic carbocycles. The minimum atomic E-state index is 0.275. The zero-order valence-electron chi connectivity index (χ0n) is 13.0. The Hall–Kier alpha value is -2.86. The number of hydrogen-bond acceptors (Lipinski definition) is 6. The van der Waals surface area contributed by atoms with Gasteiger partial charge in [0, 0.05) is 6.20 Å². The number of aromatic nitrogens is 3. The Bertz CT molecular complexity index is 839. The zero-order chi connectivity index (χ0) is 16.9.